The quantitative estimate of drug-likeness (QED) is 0.738. The van der Waals surface area contributed by atoms with E-state index in [1.54, 1.807) is 0 Å². The lowest BCUT2D eigenvalue weighted by atomic mass is 10.1. The minimum absolute atomic E-state index is 0.587. The molecule has 1 aliphatic heterocycles. The van der Waals surface area contributed by atoms with Crippen LogP contribution >= 0.6 is 8.60 Å². The van der Waals surface area contributed by atoms with Crippen LogP contribution in [0, 0.1) is 0 Å². The van der Waals surface area contributed by atoms with Gasteiger partial charge in [0.05, 0.1) is 12.0 Å². The van der Waals surface area contributed by atoms with Crippen LogP contribution < -0.4 is 9.05 Å². The molecule has 3 nitrogen and oxygen atoms in total. The van der Waals surface area contributed by atoms with Gasteiger partial charge in [-0.3, -0.25) is 4.52 Å². The van der Waals surface area contributed by atoms with Gasteiger partial charge in [-0.25, -0.2) is 0 Å². The van der Waals surface area contributed by atoms with Gasteiger partial charge < -0.3 is 9.05 Å². The van der Waals surface area contributed by atoms with Crippen molar-refractivity contribution in [3.63, 3.8) is 0 Å². The second kappa shape index (κ2) is 3.93. The van der Waals surface area contributed by atoms with E-state index in [1.807, 2.05) is 43.3 Å². The third-order valence-electron chi connectivity index (χ3n) is 2.41. The third kappa shape index (κ3) is 1.53. The Kier molecular flexibility index (Phi) is 2.43. The molecule has 82 valence electrons. The Hall–Kier alpha value is -1.31. The topological polar surface area (TPSA) is 27.7 Å². The molecule has 0 saturated carbocycles. The van der Waals surface area contributed by atoms with E-state index in [1.165, 1.54) is 0 Å². The van der Waals surface area contributed by atoms with Crippen molar-refractivity contribution in [2.75, 3.05) is 6.61 Å². The molecule has 0 aliphatic carbocycles. The molecule has 2 aromatic carbocycles. The first-order chi connectivity index (χ1) is 7.88. The fourth-order valence-electron chi connectivity index (χ4n) is 1.76. The van der Waals surface area contributed by atoms with Crippen LogP contribution in [0.15, 0.2) is 36.4 Å². The normalized spacial score (nSPS) is 14.6. The van der Waals surface area contributed by atoms with Crippen molar-refractivity contribution >= 4 is 19.4 Å². The van der Waals surface area contributed by atoms with Crippen LogP contribution in [-0.4, -0.2) is 6.61 Å². The van der Waals surface area contributed by atoms with Gasteiger partial charge in [-0.15, -0.1) is 0 Å². The molecule has 0 amide bonds. The highest BCUT2D eigenvalue weighted by atomic mass is 31.2. The Balaban J connectivity index is 2.12. The van der Waals surface area contributed by atoms with E-state index in [4.69, 9.17) is 13.6 Å². The van der Waals surface area contributed by atoms with E-state index in [0.29, 0.717) is 6.61 Å². The van der Waals surface area contributed by atoms with E-state index in [0.717, 1.165) is 22.3 Å². The first-order valence-electron chi connectivity index (χ1n) is 5.19. The summed E-state index contributed by atoms with van der Waals surface area (Å²) in [6.07, 6.45) is 0. The summed E-state index contributed by atoms with van der Waals surface area (Å²) in [6.45, 7) is 2.51. The summed E-state index contributed by atoms with van der Waals surface area (Å²) in [6, 6.07) is 11.9. The number of benzene rings is 2. The van der Waals surface area contributed by atoms with E-state index >= 15 is 0 Å². The van der Waals surface area contributed by atoms with Gasteiger partial charge in [-0.05, 0) is 24.4 Å². The van der Waals surface area contributed by atoms with Gasteiger partial charge in [0.25, 0.3) is 0 Å². The molecule has 0 bridgehead atoms. The van der Waals surface area contributed by atoms with Gasteiger partial charge >= 0.3 is 8.60 Å². The molecule has 2 aromatic rings. The zero-order valence-corrected chi connectivity index (χ0v) is 9.74. The summed E-state index contributed by atoms with van der Waals surface area (Å²) in [7, 11) is -1.28. The maximum Gasteiger partial charge on any atom is 0.463 e. The lowest BCUT2D eigenvalue weighted by Crippen LogP contribution is -2.04. The molecule has 0 atom stereocenters. The highest BCUT2D eigenvalue weighted by Gasteiger charge is 2.25. The standard InChI is InChI=1S/C12H11O3P/c1-2-13-16-14-10-7-3-5-9-6-4-8-11(15-16)12(9)10/h3-8H,2H2,1H3. The Labute approximate surface area is 94.9 Å². The summed E-state index contributed by atoms with van der Waals surface area (Å²) in [5.74, 6) is 1.69. The Morgan fingerprint density at radius 2 is 1.69 bits per heavy atom. The Morgan fingerprint density at radius 1 is 1.06 bits per heavy atom. The second-order valence-corrected chi connectivity index (χ2v) is 4.50. The Morgan fingerprint density at radius 3 is 2.25 bits per heavy atom. The van der Waals surface area contributed by atoms with E-state index in [-0.39, 0.29) is 0 Å². The molecule has 1 heterocycles. The molecule has 1 aliphatic rings. The minimum atomic E-state index is -1.28. The zero-order valence-electron chi connectivity index (χ0n) is 8.84. The van der Waals surface area contributed by atoms with Crippen LogP contribution in [0.4, 0.5) is 0 Å². The summed E-state index contributed by atoms with van der Waals surface area (Å²) in [4.78, 5) is 0. The highest BCUT2D eigenvalue weighted by molar-refractivity contribution is 7.42. The summed E-state index contributed by atoms with van der Waals surface area (Å²) in [5, 5.41) is 2.16. The van der Waals surface area contributed by atoms with Crippen molar-refractivity contribution in [3.8, 4) is 11.5 Å². The highest BCUT2D eigenvalue weighted by Crippen LogP contribution is 2.51. The Bertz CT molecular complexity index is 486. The molecule has 0 unspecified atom stereocenters. The van der Waals surface area contributed by atoms with E-state index < -0.39 is 8.60 Å². The van der Waals surface area contributed by atoms with Crippen LogP contribution in [0.1, 0.15) is 6.92 Å². The average Bonchev–Trinajstić information content (AvgIpc) is 2.30. The van der Waals surface area contributed by atoms with Crippen molar-refractivity contribution in [2.24, 2.45) is 0 Å². The average molecular weight is 234 g/mol. The molecule has 0 spiro atoms. The maximum absolute atomic E-state index is 5.66. The molecule has 4 heteroatoms. The summed E-state index contributed by atoms with van der Waals surface area (Å²) >= 11 is 0. The number of hydrogen-bond acceptors (Lipinski definition) is 3. The fourth-order valence-corrected chi connectivity index (χ4v) is 2.74. The van der Waals surface area contributed by atoms with Crippen molar-refractivity contribution < 1.29 is 13.6 Å². The molecular formula is C12H11O3P. The van der Waals surface area contributed by atoms with Gasteiger partial charge in [0, 0.05) is 0 Å². The van der Waals surface area contributed by atoms with Gasteiger partial charge in [0.1, 0.15) is 11.5 Å². The van der Waals surface area contributed by atoms with Gasteiger partial charge in [-0.2, -0.15) is 0 Å². The lowest BCUT2D eigenvalue weighted by molar-refractivity contribution is 0.276. The summed E-state index contributed by atoms with van der Waals surface area (Å²) < 4.78 is 16.7. The SMILES string of the molecule is CCOP1Oc2cccc3cccc(c23)O1. The van der Waals surface area contributed by atoms with Crippen molar-refractivity contribution in [1.29, 1.82) is 0 Å². The summed E-state index contributed by atoms with van der Waals surface area (Å²) in [5.41, 5.74) is 0. The molecule has 0 saturated heterocycles. The van der Waals surface area contributed by atoms with Crippen LogP contribution in [0.25, 0.3) is 10.8 Å². The van der Waals surface area contributed by atoms with Crippen molar-refractivity contribution in [3.05, 3.63) is 36.4 Å². The first kappa shape index (κ1) is 9.88. The molecule has 0 N–H and O–H groups in total. The molecule has 3 rings (SSSR count). The van der Waals surface area contributed by atoms with Gasteiger partial charge in [-0.1, -0.05) is 24.3 Å². The monoisotopic (exact) mass is 234 g/mol. The molecule has 16 heavy (non-hydrogen) atoms. The van der Waals surface area contributed by atoms with E-state index in [2.05, 4.69) is 0 Å². The third-order valence-corrected chi connectivity index (χ3v) is 3.57. The predicted molar refractivity (Wildman–Crippen MR) is 63.8 cm³/mol. The van der Waals surface area contributed by atoms with Crippen LogP contribution in [0.5, 0.6) is 11.5 Å². The van der Waals surface area contributed by atoms with Gasteiger partial charge in [0.15, 0.2) is 0 Å². The minimum Gasteiger partial charge on any atom is -0.417 e. The molecule has 0 fully saturated rings. The maximum atomic E-state index is 5.66. The lowest BCUT2D eigenvalue weighted by Gasteiger charge is -2.23. The number of hydrogen-bond donors (Lipinski definition) is 0. The fraction of sp³-hybridized carbons (Fsp3) is 0.167. The van der Waals surface area contributed by atoms with Crippen molar-refractivity contribution in [1.82, 2.24) is 0 Å². The van der Waals surface area contributed by atoms with Gasteiger partial charge in [0.2, 0.25) is 0 Å². The van der Waals surface area contributed by atoms with Crippen LogP contribution in [0.3, 0.4) is 0 Å². The number of rotatable bonds is 2. The largest absolute Gasteiger partial charge is 0.463 e. The predicted octanol–water partition coefficient (Wildman–Crippen LogP) is 3.87. The molecule has 0 radical (unpaired) electrons. The van der Waals surface area contributed by atoms with Crippen molar-refractivity contribution in [2.45, 2.75) is 6.92 Å². The second-order valence-electron chi connectivity index (χ2n) is 3.43. The zero-order chi connectivity index (χ0) is 11.0. The van der Waals surface area contributed by atoms with E-state index in [9.17, 15) is 0 Å². The van der Waals surface area contributed by atoms with Crippen LogP contribution in [-0.2, 0) is 4.52 Å². The van der Waals surface area contributed by atoms with Crippen LogP contribution in [0.2, 0.25) is 0 Å². The smallest absolute Gasteiger partial charge is 0.417 e. The molecular weight excluding hydrogens is 223 g/mol. The first-order valence-corrected chi connectivity index (χ1v) is 6.29. The molecule has 0 aromatic heterocycles.